The Morgan fingerprint density at radius 3 is 1.96 bits per heavy atom. The second-order valence-electron chi connectivity index (χ2n) is 4.54. The molecule has 0 aromatic heterocycles. The van der Waals surface area contributed by atoms with Crippen LogP contribution in [0.4, 0.5) is 17.6 Å². The molecule has 0 aliphatic rings. The van der Waals surface area contributed by atoms with Crippen LogP contribution in [-0.4, -0.2) is 12.0 Å². The lowest BCUT2D eigenvalue weighted by Gasteiger charge is -2.13. The van der Waals surface area contributed by atoms with E-state index >= 15 is 0 Å². The summed E-state index contributed by atoms with van der Waals surface area (Å²) in [5.74, 6) is -1.86. The van der Waals surface area contributed by atoms with E-state index in [4.69, 9.17) is 23.2 Å². The first kappa shape index (κ1) is 17.5. The minimum absolute atomic E-state index is 0.0913. The third-order valence-corrected chi connectivity index (χ3v) is 3.48. The summed E-state index contributed by atoms with van der Waals surface area (Å²) in [7, 11) is 0. The van der Waals surface area contributed by atoms with Gasteiger partial charge >= 0.3 is 6.18 Å². The van der Waals surface area contributed by atoms with Crippen molar-refractivity contribution >= 4 is 34.6 Å². The van der Waals surface area contributed by atoms with Crippen LogP contribution in [0.15, 0.2) is 48.5 Å². The van der Waals surface area contributed by atoms with Crippen molar-refractivity contribution < 1.29 is 22.4 Å². The molecule has 0 aliphatic carbocycles. The second-order valence-corrected chi connectivity index (χ2v) is 5.35. The molecule has 0 radical (unpaired) electrons. The molecule has 2 aromatic rings. The smallest absolute Gasteiger partial charge is 0.289 e. The molecule has 0 atom stereocenters. The maximum atomic E-state index is 13.4. The van der Waals surface area contributed by atoms with Crippen molar-refractivity contribution in [2.75, 3.05) is 0 Å². The van der Waals surface area contributed by atoms with E-state index in [0.29, 0.717) is 6.08 Å². The number of rotatable bonds is 3. The van der Waals surface area contributed by atoms with E-state index in [9.17, 15) is 22.4 Å². The zero-order valence-electron chi connectivity index (χ0n) is 11.3. The zero-order valence-corrected chi connectivity index (χ0v) is 12.8. The molecule has 0 spiro atoms. The third-order valence-electron chi connectivity index (χ3n) is 2.93. The van der Waals surface area contributed by atoms with Gasteiger partial charge in [-0.2, -0.15) is 13.2 Å². The van der Waals surface area contributed by atoms with Crippen LogP contribution >= 0.6 is 23.2 Å². The predicted octanol–water partition coefficient (Wildman–Crippen LogP) is 5.96. The summed E-state index contributed by atoms with van der Waals surface area (Å²) in [5.41, 5.74) is -1.65. The molecule has 0 amide bonds. The van der Waals surface area contributed by atoms with E-state index in [1.807, 2.05) is 0 Å². The van der Waals surface area contributed by atoms with Gasteiger partial charge in [0, 0.05) is 5.56 Å². The summed E-state index contributed by atoms with van der Waals surface area (Å²) >= 11 is 11.1. The van der Waals surface area contributed by atoms with Gasteiger partial charge in [-0.1, -0.05) is 53.5 Å². The molecule has 0 fully saturated rings. The number of alkyl halides is 3. The highest BCUT2D eigenvalue weighted by molar-refractivity contribution is 6.35. The first-order valence-corrected chi connectivity index (χ1v) is 6.99. The number of carbonyl (C=O) groups excluding carboxylic acids is 1. The standard InChI is InChI=1S/C16H8Cl2F4O/c17-12-6-10(7-13(18)15(12)19)11(16(20,21)22)8-14(23)9-4-2-1-3-5-9/h1-8H/b11-8-. The second kappa shape index (κ2) is 6.72. The van der Waals surface area contributed by atoms with Crippen LogP contribution in [0.25, 0.3) is 5.57 Å². The van der Waals surface area contributed by atoms with Gasteiger partial charge in [-0.25, -0.2) is 4.39 Å². The van der Waals surface area contributed by atoms with Crippen LogP contribution in [0.5, 0.6) is 0 Å². The first-order chi connectivity index (χ1) is 10.7. The van der Waals surface area contributed by atoms with E-state index < -0.39 is 39.0 Å². The molecule has 0 saturated carbocycles. The largest absolute Gasteiger partial charge is 0.417 e. The normalized spacial score (nSPS) is 12.3. The number of allylic oxidation sites excluding steroid dienone is 2. The van der Waals surface area contributed by atoms with Crippen LogP contribution in [-0.2, 0) is 0 Å². The SMILES string of the molecule is O=C(/C=C(/c1cc(Cl)c(F)c(Cl)c1)C(F)(F)F)c1ccccc1. The lowest BCUT2D eigenvalue weighted by molar-refractivity contribution is -0.0689. The topological polar surface area (TPSA) is 17.1 Å². The Balaban J connectivity index is 2.55. The van der Waals surface area contributed by atoms with Gasteiger partial charge in [0.25, 0.3) is 0 Å². The Morgan fingerprint density at radius 1 is 0.957 bits per heavy atom. The summed E-state index contributed by atoms with van der Waals surface area (Å²) in [4.78, 5) is 12.0. The van der Waals surface area contributed by atoms with Gasteiger partial charge in [0.05, 0.1) is 15.6 Å². The maximum Gasteiger partial charge on any atom is 0.417 e. The van der Waals surface area contributed by atoms with Gasteiger partial charge in [0.1, 0.15) is 0 Å². The minimum atomic E-state index is -4.84. The Kier molecular flexibility index (Phi) is 5.12. The number of hydrogen-bond donors (Lipinski definition) is 0. The van der Waals surface area contributed by atoms with Gasteiger partial charge in [-0.05, 0) is 23.8 Å². The zero-order chi connectivity index (χ0) is 17.2. The average Bonchev–Trinajstić information content (AvgIpc) is 2.49. The summed E-state index contributed by atoms with van der Waals surface area (Å²) in [6.45, 7) is 0. The van der Waals surface area contributed by atoms with E-state index in [1.54, 1.807) is 6.07 Å². The Hall–Kier alpha value is -1.85. The van der Waals surface area contributed by atoms with Gasteiger partial charge in [0.15, 0.2) is 11.6 Å². The first-order valence-electron chi connectivity index (χ1n) is 6.23. The number of carbonyl (C=O) groups is 1. The van der Waals surface area contributed by atoms with Crippen molar-refractivity contribution in [3.63, 3.8) is 0 Å². The van der Waals surface area contributed by atoms with E-state index in [2.05, 4.69) is 0 Å². The van der Waals surface area contributed by atoms with Gasteiger partial charge < -0.3 is 0 Å². The van der Waals surface area contributed by atoms with Gasteiger partial charge in [0.2, 0.25) is 0 Å². The number of halogens is 6. The van der Waals surface area contributed by atoms with Crippen LogP contribution in [0.1, 0.15) is 15.9 Å². The van der Waals surface area contributed by atoms with Gasteiger partial charge in [-0.3, -0.25) is 4.79 Å². The van der Waals surface area contributed by atoms with Crippen molar-refractivity contribution in [2.24, 2.45) is 0 Å². The lowest BCUT2D eigenvalue weighted by Crippen LogP contribution is -2.13. The molecule has 2 aromatic carbocycles. The molecule has 1 nitrogen and oxygen atoms in total. The maximum absolute atomic E-state index is 13.4. The predicted molar refractivity (Wildman–Crippen MR) is 81.2 cm³/mol. The molecule has 7 heteroatoms. The molecular formula is C16H8Cl2F4O. The lowest BCUT2D eigenvalue weighted by atomic mass is 10.0. The summed E-state index contributed by atoms with van der Waals surface area (Å²) in [6, 6.07) is 9.01. The molecule has 0 saturated heterocycles. The molecule has 120 valence electrons. The fourth-order valence-corrected chi connectivity index (χ4v) is 2.34. The highest BCUT2D eigenvalue weighted by Gasteiger charge is 2.36. The van der Waals surface area contributed by atoms with E-state index in [0.717, 1.165) is 12.1 Å². The highest BCUT2D eigenvalue weighted by Crippen LogP contribution is 2.37. The fraction of sp³-hybridized carbons (Fsp3) is 0.0625. The van der Waals surface area contributed by atoms with Crippen LogP contribution in [0.3, 0.4) is 0 Å². The van der Waals surface area contributed by atoms with Crippen molar-refractivity contribution in [1.82, 2.24) is 0 Å². The molecule has 2 rings (SSSR count). The molecule has 23 heavy (non-hydrogen) atoms. The van der Waals surface area contributed by atoms with Crippen molar-refractivity contribution in [2.45, 2.75) is 6.18 Å². The Morgan fingerprint density at radius 2 is 1.48 bits per heavy atom. The monoisotopic (exact) mass is 362 g/mol. The molecular weight excluding hydrogens is 355 g/mol. The molecule has 0 aliphatic heterocycles. The summed E-state index contributed by atoms with van der Waals surface area (Å²) in [5, 5.41) is -1.12. The number of ketones is 1. The third kappa shape index (κ3) is 4.12. The summed E-state index contributed by atoms with van der Waals surface area (Å²) < 4.78 is 53.1. The Bertz CT molecular complexity index is 744. The van der Waals surface area contributed by atoms with E-state index in [-0.39, 0.29) is 5.56 Å². The van der Waals surface area contributed by atoms with E-state index in [1.165, 1.54) is 24.3 Å². The summed E-state index contributed by atoms with van der Waals surface area (Å²) in [6.07, 6.45) is -4.40. The molecule has 0 N–H and O–H groups in total. The Labute approximate surface area is 139 Å². The van der Waals surface area contributed by atoms with Crippen molar-refractivity contribution in [3.05, 3.63) is 75.5 Å². The quantitative estimate of drug-likeness (QED) is 0.285. The van der Waals surface area contributed by atoms with Crippen molar-refractivity contribution in [1.29, 1.82) is 0 Å². The molecule has 0 heterocycles. The van der Waals surface area contributed by atoms with Gasteiger partial charge in [-0.15, -0.1) is 0 Å². The fourth-order valence-electron chi connectivity index (χ4n) is 1.86. The number of hydrogen-bond acceptors (Lipinski definition) is 1. The minimum Gasteiger partial charge on any atom is -0.289 e. The number of benzene rings is 2. The molecule has 0 unspecified atom stereocenters. The highest BCUT2D eigenvalue weighted by atomic mass is 35.5. The van der Waals surface area contributed by atoms with Crippen LogP contribution in [0.2, 0.25) is 10.0 Å². The average molecular weight is 363 g/mol. The van der Waals surface area contributed by atoms with Crippen LogP contribution < -0.4 is 0 Å². The van der Waals surface area contributed by atoms with Crippen molar-refractivity contribution in [3.8, 4) is 0 Å². The van der Waals surface area contributed by atoms with Crippen LogP contribution in [0, 0.1) is 5.82 Å². The molecule has 0 bridgehead atoms.